The Bertz CT molecular complexity index is 967. The van der Waals surface area contributed by atoms with Crippen LogP contribution in [0.3, 0.4) is 0 Å². The third-order valence-electron chi connectivity index (χ3n) is 3.48. The van der Waals surface area contributed by atoms with Gasteiger partial charge < -0.3 is 15.5 Å². The Hall–Kier alpha value is -3.35. The van der Waals surface area contributed by atoms with E-state index in [-0.39, 0.29) is 5.91 Å². The SMILES string of the molecule is Cn1c(=O)oc2ccc(C(=O)Nc3ccc(C(N)=O)cc3)cc21. The first kappa shape index (κ1) is 14.6. The van der Waals surface area contributed by atoms with Gasteiger partial charge in [0, 0.05) is 23.9 Å². The van der Waals surface area contributed by atoms with Crippen molar-refractivity contribution in [1.29, 1.82) is 0 Å². The third-order valence-corrected chi connectivity index (χ3v) is 3.48. The molecule has 1 heterocycles. The highest BCUT2D eigenvalue weighted by Crippen LogP contribution is 2.16. The maximum absolute atomic E-state index is 12.3. The van der Waals surface area contributed by atoms with Gasteiger partial charge in [-0.2, -0.15) is 0 Å². The number of hydrogen-bond acceptors (Lipinski definition) is 4. The molecule has 3 N–H and O–H groups in total. The highest BCUT2D eigenvalue weighted by molar-refractivity contribution is 6.06. The molecule has 0 bridgehead atoms. The van der Waals surface area contributed by atoms with Gasteiger partial charge in [-0.05, 0) is 42.5 Å². The number of nitrogens with one attached hydrogen (secondary N) is 1. The van der Waals surface area contributed by atoms with Crippen LogP contribution in [0.25, 0.3) is 11.1 Å². The van der Waals surface area contributed by atoms with Crippen LogP contribution in [0.2, 0.25) is 0 Å². The molecule has 2 amide bonds. The van der Waals surface area contributed by atoms with E-state index in [4.69, 9.17) is 10.2 Å². The van der Waals surface area contributed by atoms with Crippen LogP contribution in [0.4, 0.5) is 5.69 Å². The lowest BCUT2D eigenvalue weighted by atomic mass is 10.1. The van der Waals surface area contributed by atoms with Crippen molar-refractivity contribution in [2.45, 2.75) is 0 Å². The number of amides is 2. The predicted octanol–water partition coefficient (Wildman–Crippen LogP) is 1.48. The second kappa shape index (κ2) is 5.45. The van der Waals surface area contributed by atoms with Gasteiger partial charge >= 0.3 is 5.76 Å². The summed E-state index contributed by atoms with van der Waals surface area (Å²) in [5.74, 6) is -1.36. The normalized spacial score (nSPS) is 10.7. The molecule has 2 aromatic carbocycles. The van der Waals surface area contributed by atoms with E-state index in [0.29, 0.717) is 27.9 Å². The number of anilines is 1. The molecule has 116 valence electrons. The Balaban J connectivity index is 1.86. The van der Waals surface area contributed by atoms with Crippen LogP contribution in [0, 0.1) is 0 Å². The number of aryl methyl sites for hydroxylation is 1. The topological polar surface area (TPSA) is 107 Å². The van der Waals surface area contributed by atoms with Crippen LogP contribution in [-0.4, -0.2) is 16.4 Å². The number of rotatable bonds is 3. The molecule has 0 atom stereocenters. The Morgan fingerprint density at radius 1 is 1.09 bits per heavy atom. The molecule has 0 saturated carbocycles. The minimum absolute atomic E-state index is 0.340. The molecule has 7 nitrogen and oxygen atoms in total. The summed E-state index contributed by atoms with van der Waals surface area (Å²) >= 11 is 0. The number of hydrogen-bond donors (Lipinski definition) is 2. The number of oxazole rings is 1. The molecule has 0 spiro atoms. The van der Waals surface area contributed by atoms with Crippen LogP contribution in [0.5, 0.6) is 0 Å². The summed E-state index contributed by atoms with van der Waals surface area (Å²) in [5, 5.41) is 2.71. The summed E-state index contributed by atoms with van der Waals surface area (Å²) in [7, 11) is 1.57. The summed E-state index contributed by atoms with van der Waals surface area (Å²) < 4.78 is 6.35. The molecule has 0 saturated heterocycles. The number of carbonyl (C=O) groups excluding carboxylic acids is 2. The molecule has 0 aliphatic heterocycles. The van der Waals surface area contributed by atoms with Gasteiger partial charge in [0.05, 0.1) is 5.52 Å². The van der Waals surface area contributed by atoms with Crippen molar-refractivity contribution in [2.24, 2.45) is 12.8 Å². The lowest BCUT2D eigenvalue weighted by Crippen LogP contribution is -2.13. The minimum Gasteiger partial charge on any atom is -0.408 e. The molecule has 0 radical (unpaired) electrons. The Labute approximate surface area is 130 Å². The summed E-state index contributed by atoms with van der Waals surface area (Å²) in [6, 6.07) is 10.9. The highest BCUT2D eigenvalue weighted by atomic mass is 16.4. The summed E-state index contributed by atoms with van der Waals surface area (Å²) in [6.07, 6.45) is 0. The van der Waals surface area contributed by atoms with E-state index in [1.54, 1.807) is 37.4 Å². The molecule has 7 heteroatoms. The van der Waals surface area contributed by atoms with Gasteiger partial charge in [-0.3, -0.25) is 14.2 Å². The lowest BCUT2D eigenvalue weighted by molar-refractivity contribution is 0.0998. The van der Waals surface area contributed by atoms with Crippen molar-refractivity contribution in [1.82, 2.24) is 4.57 Å². The number of nitrogens with two attached hydrogens (primary N) is 1. The lowest BCUT2D eigenvalue weighted by Gasteiger charge is -2.06. The van der Waals surface area contributed by atoms with E-state index in [1.807, 2.05) is 0 Å². The van der Waals surface area contributed by atoms with Gasteiger partial charge in [0.1, 0.15) is 0 Å². The zero-order valence-electron chi connectivity index (χ0n) is 12.2. The number of primary amides is 1. The molecular weight excluding hydrogens is 298 g/mol. The van der Waals surface area contributed by atoms with Crippen molar-refractivity contribution in [3.63, 3.8) is 0 Å². The van der Waals surface area contributed by atoms with Crippen molar-refractivity contribution >= 4 is 28.6 Å². The average molecular weight is 311 g/mol. The Kier molecular flexibility index (Phi) is 3.46. The molecular formula is C16H13N3O4. The number of nitrogens with zero attached hydrogens (tertiary/aromatic N) is 1. The summed E-state index contributed by atoms with van der Waals surface area (Å²) in [5.41, 5.74) is 7.38. The first-order valence-electron chi connectivity index (χ1n) is 6.76. The van der Waals surface area contributed by atoms with E-state index in [2.05, 4.69) is 5.32 Å². The molecule has 0 unspecified atom stereocenters. The van der Waals surface area contributed by atoms with E-state index >= 15 is 0 Å². The number of benzene rings is 2. The van der Waals surface area contributed by atoms with Gasteiger partial charge in [0.25, 0.3) is 5.91 Å². The van der Waals surface area contributed by atoms with E-state index in [0.717, 1.165) is 0 Å². The first-order chi connectivity index (χ1) is 11.0. The zero-order valence-corrected chi connectivity index (χ0v) is 12.2. The van der Waals surface area contributed by atoms with Gasteiger partial charge in [-0.15, -0.1) is 0 Å². The van der Waals surface area contributed by atoms with Gasteiger partial charge in [-0.1, -0.05) is 0 Å². The van der Waals surface area contributed by atoms with Crippen molar-refractivity contribution in [2.75, 3.05) is 5.32 Å². The van der Waals surface area contributed by atoms with Crippen LogP contribution in [0.15, 0.2) is 51.7 Å². The monoisotopic (exact) mass is 311 g/mol. The highest BCUT2D eigenvalue weighted by Gasteiger charge is 2.11. The summed E-state index contributed by atoms with van der Waals surface area (Å²) in [6.45, 7) is 0. The van der Waals surface area contributed by atoms with E-state index < -0.39 is 11.7 Å². The smallest absolute Gasteiger partial charge is 0.408 e. The summed E-state index contributed by atoms with van der Waals surface area (Å²) in [4.78, 5) is 34.7. The standard InChI is InChI=1S/C16H13N3O4/c1-19-12-8-10(4-7-13(12)23-16(19)22)15(21)18-11-5-2-9(3-6-11)14(17)20/h2-8H,1H3,(H2,17,20)(H,18,21). The first-order valence-corrected chi connectivity index (χ1v) is 6.76. The molecule has 0 aliphatic rings. The fourth-order valence-electron chi connectivity index (χ4n) is 2.19. The zero-order chi connectivity index (χ0) is 16.6. The second-order valence-corrected chi connectivity index (χ2v) is 5.01. The number of aromatic nitrogens is 1. The fourth-order valence-corrected chi connectivity index (χ4v) is 2.19. The van der Waals surface area contributed by atoms with E-state index in [9.17, 15) is 14.4 Å². The van der Waals surface area contributed by atoms with Crippen molar-refractivity contribution in [3.8, 4) is 0 Å². The molecule has 0 fully saturated rings. The van der Waals surface area contributed by atoms with E-state index in [1.165, 1.54) is 16.7 Å². The molecule has 3 rings (SSSR count). The Morgan fingerprint density at radius 3 is 2.39 bits per heavy atom. The maximum atomic E-state index is 12.3. The largest absolute Gasteiger partial charge is 0.419 e. The fraction of sp³-hybridized carbons (Fsp3) is 0.0625. The third kappa shape index (κ3) is 2.71. The predicted molar refractivity (Wildman–Crippen MR) is 84.4 cm³/mol. The van der Waals surface area contributed by atoms with Crippen LogP contribution < -0.4 is 16.8 Å². The van der Waals surface area contributed by atoms with Crippen molar-refractivity contribution in [3.05, 3.63) is 64.1 Å². The second-order valence-electron chi connectivity index (χ2n) is 5.01. The molecule has 0 aliphatic carbocycles. The maximum Gasteiger partial charge on any atom is 0.419 e. The van der Waals surface area contributed by atoms with Gasteiger partial charge in [0.2, 0.25) is 5.91 Å². The molecule has 3 aromatic rings. The van der Waals surface area contributed by atoms with Crippen LogP contribution >= 0.6 is 0 Å². The minimum atomic E-state index is -0.533. The van der Waals surface area contributed by atoms with Crippen molar-refractivity contribution < 1.29 is 14.0 Å². The quantitative estimate of drug-likeness (QED) is 0.764. The van der Waals surface area contributed by atoms with Gasteiger partial charge in [0.15, 0.2) is 5.58 Å². The average Bonchev–Trinajstić information content (AvgIpc) is 2.82. The molecule has 1 aromatic heterocycles. The number of carbonyl (C=O) groups is 2. The van der Waals surface area contributed by atoms with Gasteiger partial charge in [-0.25, -0.2) is 4.79 Å². The molecule has 23 heavy (non-hydrogen) atoms. The van der Waals surface area contributed by atoms with Crippen LogP contribution in [0.1, 0.15) is 20.7 Å². The number of fused-ring (bicyclic) bond motifs is 1. The Morgan fingerprint density at radius 2 is 1.74 bits per heavy atom. The van der Waals surface area contributed by atoms with Crippen LogP contribution in [-0.2, 0) is 7.05 Å².